The van der Waals surface area contributed by atoms with E-state index in [0.717, 1.165) is 36.2 Å². The van der Waals surface area contributed by atoms with Crippen LogP contribution < -0.4 is 10.2 Å². The summed E-state index contributed by atoms with van der Waals surface area (Å²) in [5.74, 6) is 0. The van der Waals surface area contributed by atoms with Crippen molar-refractivity contribution in [3.63, 3.8) is 0 Å². The van der Waals surface area contributed by atoms with E-state index in [4.69, 9.17) is 0 Å². The molecule has 1 fully saturated rings. The third-order valence-corrected chi connectivity index (χ3v) is 6.47. The first kappa shape index (κ1) is 17.0. The minimum absolute atomic E-state index is 0.224. The number of fused-ring (bicyclic) bond motifs is 1. The summed E-state index contributed by atoms with van der Waals surface area (Å²) in [4.78, 5) is 7.35. The number of hydrogen-bond donors (Lipinski definition) is 1. The van der Waals surface area contributed by atoms with Gasteiger partial charge in [0.05, 0.1) is 21.0 Å². The number of nitrogens with one attached hydrogen (secondary N) is 1. The number of sulfone groups is 1. The second-order valence-electron chi connectivity index (χ2n) is 6.64. The molecule has 0 saturated carbocycles. The van der Waals surface area contributed by atoms with Gasteiger partial charge in [-0.1, -0.05) is 30.3 Å². The molecule has 1 aliphatic rings. The van der Waals surface area contributed by atoms with E-state index in [1.165, 1.54) is 6.20 Å². The van der Waals surface area contributed by atoms with Crippen molar-refractivity contribution in [2.24, 2.45) is 0 Å². The van der Waals surface area contributed by atoms with E-state index in [2.05, 4.69) is 28.2 Å². The lowest BCUT2D eigenvalue weighted by atomic mass is 10.1. The van der Waals surface area contributed by atoms with Crippen LogP contribution >= 0.6 is 0 Å². The highest BCUT2D eigenvalue weighted by atomic mass is 32.2. The van der Waals surface area contributed by atoms with Gasteiger partial charge < -0.3 is 10.2 Å². The second-order valence-corrected chi connectivity index (χ2v) is 8.59. The quantitative estimate of drug-likeness (QED) is 0.771. The molecule has 1 aliphatic heterocycles. The van der Waals surface area contributed by atoms with Crippen molar-refractivity contribution >= 4 is 26.4 Å². The molecule has 2 aromatic carbocycles. The van der Waals surface area contributed by atoms with E-state index in [0.29, 0.717) is 6.04 Å². The van der Waals surface area contributed by atoms with Gasteiger partial charge in [0, 0.05) is 37.3 Å². The fourth-order valence-electron chi connectivity index (χ4n) is 3.41. The van der Waals surface area contributed by atoms with Gasteiger partial charge >= 0.3 is 0 Å². The maximum absolute atomic E-state index is 12.8. The Kier molecular flexibility index (Phi) is 4.38. The molecular formula is C20H21N3O2S. The zero-order chi connectivity index (χ0) is 18.1. The summed E-state index contributed by atoms with van der Waals surface area (Å²) in [5, 5.41) is 4.27. The Morgan fingerprint density at radius 1 is 1.08 bits per heavy atom. The van der Waals surface area contributed by atoms with Crippen LogP contribution in [0, 0.1) is 0 Å². The van der Waals surface area contributed by atoms with Gasteiger partial charge in [-0.3, -0.25) is 4.98 Å². The van der Waals surface area contributed by atoms with Gasteiger partial charge in [-0.05, 0) is 31.2 Å². The first-order chi connectivity index (χ1) is 12.6. The second kappa shape index (κ2) is 6.70. The fraction of sp³-hybridized carbons (Fsp3) is 0.250. The van der Waals surface area contributed by atoms with Crippen molar-refractivity contribution in [2.75, 3.05) is 24.5 Å². The molecule has 2 heterocycles. The van der Waals surface area contributed by atoms with Crippen molar-refractivity contribution in [3.05, 3.63) is 60.8 Å². The molecular weight excluding hydrogens is 346 g/mol. The molecule has 1 N–H and O–H groups in total. The first-order valence-electron chi connectivity index (χ1n) is 8.73. The van der Waals surface area contributed by atoms with E-state index in [-0.39, 0.29) is 9.79 Å². The average Bonchev–Trinajstić information content (AvgIpc) is 2.67. The topological polar surface area (TPSA) is 62.3 Å². The van der Waals surface area contributed by atoms with E-state index in [1.54, 1.807) is 36.4 Å². The van der Waals surface area contributed by atoms with Gasteiger partial charge in [0.2, 0.25) is 9.84 Å². The molecule has 1 saturated heterocycles. The minimum atomic E-state index is -3.56. The zero-order valence-electron chi connectivity index (χ0n) is 14.6. The standard InChI is InChI=1S/C20H21N3O2S/c1-15-14-23(11-10-21-15)19-9-5-6-16-12-18(13-22-20(16)19)26(24,25)17-7-3-2-4-8-17/h2-9,12-13,15,21H,10-11,14H2,1H3/t15-/m1/s1. The number of nitrogens with zero attached hydrogens (tertiary/aromatic N) is 2. The van der Waals surface area contributed by atoms with Gasteiger partial charge in [0.25, 0.3) is 0 Å². The number of pyridine rings is 1. The molecule has 0 unspecified atom stereocenters. The van der Waals surface area contributed by atoms with Crippen LogP contribution in [0.4, 0.5) is 5.69 Å². The Balaban J connectivity index is 1.77. The summed E-state index contributed by atoms with van der Waals surface area (Å²) in [7, 11) is -3.56. The summed E-state index contributed by atoms with van der Waals surface area (Å²) in [6, 6.07) is 16.5. The number of piperazine rings is 1. The van der Waals surface area contributed by atoms with Crippen molar-refractivity contribution in [3.8, 4) is 0 Å². The number of rotatable bonds is 3. The molecule has 0 bridgehead atoms. The average molecular weight is 367 g/mol. The number of aromatic nitrogens is 1. The molecule has 1 aromatic heterocycles. The molecule has 0 aliphatic carbocycles. The fourth-order valence-corrected chi connectivity index (χ4v) is 4.67. The number of para-hydroxylation sites is 1. The predicted molar refractivity (Wildman–Crippen MR) is 103 cm³/mol. The highest BCUT2D eigenvalue weighted by Gasteiger charge is 2.21. The Morgan fingerprint density at radius 2 is 1.88 bits per heavy atom. The highest BCUT2D eigenvalue weighted by Crippen LogP contribution is 2.29. The van der Waals surface area contributed by atoms with Gasteiger partial charge in [-0.2, -0.15) is 0 Å². The molecule has 4 rings (SSSR count). The van der Waals surface area contributed by atoms with Crippen LogP contribution in [-0.2, 0) is 9.84 Å². The first-order valence-corrected chi connectivity index (χ1v) is 10.2. The largest absolute Gasteiger partial charge is 0.367 e. The van der Waals surface area contributed by atoms with Crippen molar-refractivity contribution in [1.29, 1.82) is 0 Å². The molecule has 5 nitrogen and oxygen atoms in total. The summed E-state index contributed by atoms with van der Waals surface area (Å²) in [6.45, 7) is 4.91. The molecule has 0 amide bonds. The maximum Gasteiger partial charge on any atom is 0.208 e. The minimum Gasteiger partial charge on any atom is -0.367 e. The van der Waals surface area contributed by atoms with Gasteiger partial charge in [0.15, 0.2) is 0 Å². The predicted octanol–water partition coefficient (Wildman–Crippen LogP) is 2.87. The Hall–Kier alpha value is -2.44. The summed E-state index contributed by atoms with van der Waals surface area (Å²) < 4.78 is 25.7. The van der Waals surface area contributed by atoms with Crippen molar-refractivity contribution in [2.45, 2.75) is 22.8 Å². The molecule has 134 valence electrons. The molecule has 0 radical (unpaired) electrons. The van der Waals surface area contributed by atoms with E-state index in [9.17, 15) is 8.42 Å². The maximum atomic E-state index is 12.8. The van der Waals surface area contributed by atoms with Crippen LogP contribution in [0.5, 0.6) is 0 Å². The van der Waals surface area contributed by atoms with Gasteiger partial charge in [-0.15, -0.1) is 0 Å². The third kappa shape index (κ3) is 3.06. The molecule has 0 spiro atoms. The Morgan fingerprint density at radius 3 is 2.65 bits per heavy atom. The van der Waals surface area contributed by atoms with Gasteiger partial charge in [0.1, 0.15) is 0 Å². The van der Waals surface area contributed by atoms with Crippen molar-refractivity contribution < 1.29 is 8.42 Å². The van der Waals surface area contributed by atoms with Crippen LogP contribution in [0.15, 0.2) is 70.6 Å². The summed E-state index contributed by atoms with van der Waals surface area (Å²) >= 11 is 0. The highest BCUT2D eigenvalue weighted by molar-refractivity contribution is 7.91. The van der Waals surface area contributed by atoms with E-state index < -0.39 is 9.84 Å². The lowest BCUT2D eigenvalue weighted by molar-refractivity contribution is 0.485. The van der Waals surface area contributed by atoms with Crippen LogP contribution in [0.25, 0.3) is 10.9 Å². The lowest BCUT2D eigenvalue weighted by Crippen LogP contribution is -2.49. The van der Waals surface area contributed by atoms with Gasteiger partial charge in [-0.25, -0.2) is 8.42 Å². The number of benzene rings is 2. The number of hydrogen-bond acceptors (Lipinski definition) is 5. The normalized spacial score (nSPS) is 18.2. The lowest BCUT2D eigenvalue weighted by Gasteiger charge is -2.34. The molecule has 1 atom stereocenters. The van der Waals surface area contributed by atoms with Crippen molar-refractivity contribution in [1.82, 2.24) is 10.3 Å². The van der Waals surface area contributed by atoms with Crippen LogP contribution in [0.3, 0.4) is 0 Å². The molecule has 26 heavy (non-hydrogen) atoms. The molecule has 3 aromatic rings. The smallest absolute Gasteiger partial charge is 0.208 e. The SMILES string of the molecule is C[C@@H]1CN(c2cccc3cc(S(=O)(=O)c4ccccc4)cnc23)CCN1. The van der Waals surface area contributed by atoms with E-state index >= 15 is 0 Å². The van der Waals surface area contributed by atoms with E-state index in [1.807, 2.05) is 12.1 Å². The van der Waals surface area contributed by atoms with Crippen LogP contribution in [0.1, 0.15) is 6.92 Å². The van der Waals surface area contributed by atoms with Crippen LogP contribution in [-0.4, -0.2) is 39.1 Å². The Labute approximate surface area is 153 Å². The summed E-state index contributed by atoms with van der Waals surface area (Å²) in [5.41, 5.74) is 1.90. The molecule has 6 heteroatoms. The third-order valence-electron chi connectivity index (χ3n) is 4.74. The Bertz CT molecular complexity index is 1040. The van der Waals surface area contributed by atoms with Crippen LogP contribution in [0.2, 0.25) is 0 Å². The monoisotopic (exact) mass is 367 g/mol. The number of anilines is 1. The summed E-state index contributed by atoms with van der Waals surface area (Å²) in [6.07, 6.45) is 1.47. The zero-order valence-corrected chi connectivity index (χ0v) is 15.4.